The lowest BCUT2D eigenvalue weighted by Gasteiger charge is -2.13. The van der Waals surface area contributed by atoms with E-state index in [1.807, 2.05) is 6.92 Å². The molecule has 1 rings (SSSR count). The number of hydrogen-bond donors (Lipinski definition) is 4. The molecule has 0 radical (unpaired) electrons. The largest absolute Gasteiger partial charge is 0.447 e. The van der Waals surface area contributed by atoms with Crippen molar-refractivity contribution in [3.8, 4) is 0 Å². The van der Waals surface area contributed by atoms with Crippen molar-refractivity contribution in [1.82, 2.24) is 10.6 Å². The van der Waals surface area contributed by atoms with Crippen LogP contribution in [-0.2, 0) is 57.1 Å². The number of ether oxygens (including phenoxy) is 8. The molecule has 0 aliphatic rings. The summed E-state index contributed by atoms with van der Waals surface area (Å²) in [5, 5.41) is 10.8. The minimum Gasteiger partial charge on any atom is -0.447 e. The van der Waals surface area contributed by atoms with Gasteiger partial charge >= 0.3 is 6.09 Å². The van der Waals surface area contributed by atoms with Crippen LogP contribution in [0.4, 0.5) is 16.2 Å². The van der Waals surface area contributed by atoms with Gasteiger partial charge in [-0.3, -0.25) is 24.0 Å². The maximum Gasteiger partial charge on any atom is 0.407 e. The van der Waals surface area contributed by atoms with Crippen LogP contribution < -0.4 is 21.3 Å². The van der Waals surface area contributed by atoms with Crippen molar-refractivity contribution in [1.29, 1.82) is 0 Å². The van der Waals surface area contributed by atoms with E-state index in [1.165, 1.54) is 49.5 Å². The number of alkyl carbamates (subject to hydrolysis) is 1. The van der Waals surface area contributed by atoms with Gasteiger partial charge in [-0.2, -0.15) is 0 Å². The molecule has 0 bridgehead atoms. The van der Waals surface area contributed by atoms with E-state index in [1.54, 1.807) is 6.07 Å². The summed E-state index contributed by atoms with van der Waals surface area (Å²) in [6, 6.07) is 4.54. The van der Waals surface area contributed by atoms with E-state index in [0.29, 0.717) is 95.6 Å². The normalized spacial score (nSPS) is 10.8. The number of nitrogens with one attached hydrogen (secondary N) is 4. The van der Waals surface area contributed by atoms with Crippen LogP contribution in [-0.4, -0.2) is 171 Å². The zero-order valence-electron chi connectivity index (χ0n) is 32.6. The summed E-state index contributed by atoms with van der Waals surface area (Å²) in [6.45, 7) is 9.67. The van der Waals surface area contributed by atoms with Crippen molar-refractivity contribution in [2.75, 3.05) is 146 Å². The Hall–Kier alpha value is -3.34. The SMILES string of the molecule is CCOCCOC(=O)NCCNC(=O)c1cc(NC(=O)CSCCOCCOCCOCC(C)=O)cc(NC(=O)CSCCOCCOCCOCC(C)=O)c1. The number of rotatable bonds is 36. The van der Waals surface area contributed by atoms with Gasteiger partial charge in [0, 0.05) is 48.1 Å². The second-order valence-corrected chi connectivity index (χ2v) is 13.7. The lowest BCUT2D eigenvalue weighted by atomic mass is 10.1. The molecule has 4 amide bonds. The molecule has 4 N–H and O–H groups in total. The van der Waals surface area contributed by atoms with Gasteiger partial charge in [-0.05, 0) is 39.0 Å². The number of anilines is 2. The first kappa shape index (κ1) is 50.7. The summed E-state index contributed by atoms with van der Waals surface area (Å²) in [6.07, 6.45) is -0.640. The van der Waals surface area contributed by atoms with E-state index in [-0.39, 0.29) is 80.0 Å². The minimum absolute atomic E-state index is 0.0449. The van der Waals surface area contributed by atoms with Crippen molar-refractivity contribution in [3.05, 3.63) is 23.8 Å². The highest BCUT2D eigenvalue weighted by Crippen LogP contribution is 2.20. The van der Waals surface area contributed by atoms with Gasteiger partial charge in [0.05, 0.1) is 84.2 Å². The lowest BCUT2D eigenvalue weighted by Crippen LogP contribution is -2.35. The van der Waals surface area contributed by atoms with Crippen LogP contribution in [0.15, 0.2) is 18.2 Å². The highest BCUT2D eigenvalue weighted by molar-refractivity contribution is 8.00. The van der Waals surface area contributed by atoms with Crippen LogP contribution >= 0.6 is 23.5 Å². The van der Waals surface area contributed by atoms with Crippen molar-refractivity contribution >= 4 is 70.3 Å². The molecule has 318 valence electrons. The Balaban J connectivity index is 2.54. The molecule has 1 aromatic carbocycles. The molecule has 0 aromatic heterocycles. The summed E-state index contributed by atoms with van der Waals surface area (Å²) in [5.74, 6) is 0.163. The zero-order chi connectivity index (χ0) is 41.1. The fourth-order valence-corrected chi connectivity index (χ4v) is 5.28. The van der Waals surface area contributed by atoms with Crippen LogP contribution in [0.2, 0.25) is 0 Å². The summed E-state index contributed by atoms with van der Waals surface area (Å²) in [7, 11) is 0. The fourth-order valence-electron chi connectivity index (χ4n) is 4.01. The number of ketones is 2. The molecule has 0 aliphatic carbocycles. The second kappa shape index (κ2) is 34.9. The summed E-state index contributed by atoms with van der Waals surface area (Å²) >= 11 is 2.73. The highest BCUT2D eigenvalue weighted by Gasteiger charge is 2.13. The Morgan fingerprint density at radius 1 is 0.536 bits per heavy atom. The Morgan fingerprint density at radius 2 is 0.964 bits per heavy atom. The molecule has 0 unspecified atom stereocenters. The first-order valence-corrected chi connectivity index (χ1v) is 20.5. The van der Waals surface area contributed by atoms with E-state index in [9.17, 15) is 28.8 Å². The Kier molecular flexibility index (Phi) is 31.6. The maximum atomic E-state index is 13.0. The first-order chi connectivity index (χ1) is 27.1. The topological polar surface area (TPSA) is 224 Å². The van der Waals surface area contributed by atoms with Crippen molar-refractivity contribution in [2.45, 2.75) is 20.8 Å². The van der Waals surface area contributed by atoms with Crippen LogP contribution in [0.25, 0.3) is 0 Å². The van der Waals surface area contributed by atoms with Gasteiger partial charge in [-0.25, -0.2) is 4.79 Å². The molecule has 0 atom stereocenters. The molecule has 0 saturated heterocycles. The van der Waals surface area contributed by atoms with Crippen LogP contribution in [0, 0.1) is 0 Å². The molecular formula is C36H58N4O14S2. The Labute approximate surface area is 337 Å². The average molecular weight is 835 g/mol. The van der Waals surface area contributed by atoms with Gasteiger partial charge in [0.2, 0.25) is 11.8 Å². The monoisotopic (exact) mass is 834 g/mol. The number of carbonyl (C=O) groups excluding carboxylic acids is 6. The van der Waals surface area contributed by atoms with Crippen LogP contribution in [0.5, 0.6) is 0 Å². The molecular weight excluding hydrogens is 777 g/mol. The van der Waals surface area contributed by atoms with Gasteiger partial charge in [0.15, 0.2) is 11.6 Å². The second-order valence-electron chi connectivity index (χ2n) is 11.5. The minimum atomic E-state index is -0.640. The number of carbonyl (C=O) groups is 6. The third-order valence-corrected chi connectivity index (χ3v) is 8.26. The maximum absolute atomic E-state index is 13.0. The van der Waals surface area contributed by atoms with Gasteiger partial charge in [-0.15, -0.1) is 23.5 Å². The lowest BCUT2D eigenvalue weighted by molar-refractivity contribution is -0.122. The average Bonchev–Trinajstić information content (AvgIpc) is 3.15. The molecule has 1 aromatic rings. The van der Waals surface area contributed by atoms with Crippen molar-refractivity contribution in [2.24, 2.45) is 0 Å². The molecule has 0 fully saturated rings. The quantitative estimate of drug-likeness (QED) is 0.0708. The van der Waals surface area contributed by atoms with Crippen LogP contribution in [0.3, 0.4) is 0 Å². The fraction of sp³-hybridized carbons (Fsp3) is 0.667. The smallest absolute Gasteiger partial charge is 0.407 e. The van der Waals surface area contributed by atoms with Crippen molar-refractivity contribution in [3.63, 3.8) is 0 Å². The molecule has 0 aliphatic heterocycles. The van der Waals surface area contributed by atoms with Gasteiger partial charge in [0.1, 0.15) is 19.8 Å². The zero-order valence-corrected chi connectivity index (χ0v) is 34.2. The van der Waals surface area contributed by atoms with Gasteiger partial charge in [0.25, 0.3) is 5.91 Å². The highest BCUT2D eigenvalue weighted by atomic mass is 32.2. The van der Waals surface area contributed by atoms with E-state index < -0.39 is 12.0 Å². The molecule has 56 heavy (non-hydrogen) atoms. The predicted octanol–water partition coefficient (Wildman–Crippen LogP) is 1.80. The number of hydrogen-bond acceptors (Lipinski definition) is 16. The van der Waals surface area contributed by atoms with E-state index in [0.717, 1.165) is 0 Å². The van der Waals surface area contributed by atoms with Gasteiger partial charge < -0.3 is 59.2 Å². The summed E-state index contributed by atoms with van der Waals surface area (Å²) < 4.78 is 42.1. The van der Waals surface area contributed by atoms with E-state index in [4.69, 9.17) is 37.9 Å². The Bertz CT molecular complexity index is 1220. The molecule has 0 saturated carbocycles. The standard InChI is InChI=1S/C36H58N4O14S2/c1-4-47-15-16-54-36(46)38-6-5-37-35(45)30-21-31(39-33(43)26-55-19-17-50-9-7-48-11-13-52-24-28(2)41)23-32(22-30)40-34(44)27-56-20-18-51-10-8-49-12-14-53-25-29(3)42/h21-23H,4-20,24-27H2,1-3H3,(H,37,45)(H,38,46)(H,39,43)(H,40,44). The third kappa shape index (κ3) is 30.8. The number of Topliss-reactive ketones (excluding diaryl/α,β-unsaturated/α-hetero) is 2. The number of thioether (sulfide) groups is 2. The van der Waals surface area contributed by atoms with Crippen molar-refractivity contribution < 1.29 is 66.7 Å². The van der Waals surface area contributed by atoms with Gasteiger partial charge in [-0.1, -0.05) is 0 Å². The summed E-state index contributed by atoms with van der Waals surface area (Å²) in [4.78, 5) is 72.0. The molecule has 0 heterocycles. The van der Waals surface area contributed by atoms with Crippen LogP contribution in [0.1, 0.15) is 31.1 Å². The van der Waals surface area contributed by atoms with E-state index >= 15 is 0 Å². The predicted molar refractivity (Wildman–Crippen MR) is 213 cm³/mol. The first-order valence-electron chi connectivity index (χ1n) is 18.2. The van der Waals surface area contributed by atoms with E-state index in [2.05, 4.69) is 21.3 Å². The summed E-state index contributed by atoms with van der Waals surface area (Å²) in [5.41, 5.74) is 0.799. The molecule has 20 heteroatoms. The molecule has 0 spiro atoms. The number of benzene rings is 1. The number of amides is 4. The Morgan fingerprint density at radius 3 is 1.43 bits per heavy atom. The third-order valence-electron chi connectivity index (χ3n) is 6.42. The molecule has 18 nitrogen and oxygen atoms in total.